The fourth-order valence-electron chi connectivity index (χ4n) is 2.64. The highest BCUT2D eigenvalue weighted by Crippen LogP contribution is 2.35. The van der Waals surface area contributed by atoms with Gasteiger partial charge in [-0.2, -0.15) is 13.2 Å². The molecule has 0 unspecified atom stereocenters. The Morgan fingerprint density at radius 3 is 2.30 bits per heavy atom. The molecule has 2 aromatic rings. The molecule has 0 bridgehead atoms. The molecule has 1 aliphatic heterocycles. The van der Waals surface area contributed by atoms with Crippen molar-refractivity contribution in [3.63, 3.8) is 0 Å². The number of benzene rings is 2. The van der Waals surface area contributed by atoms with Gasteiger partial charge in [0, 0.05) is 5.69 Å². The van der Waals surface area contributed by atoms with E-state index in [0.29, 0.717) is 10.6 Å². The molecule has 2 amide bonds. The van der Waals surface area contributed by atoms with E-state index >= 15 is 0 Å². The van der Waals surface area contributed by atoms with Gasteiger partial charge in [-0.05, 0) is 42.3 Å². The molecule has 8 heteroatoms. The zero-order valence-electron chi connectivity index (χ0n) is 14.1. The van der Waals surface area contributed by atoms with E-state index in [1.54, 1.807) is 12.1 Å². The zero-order chi connectivity index (χ0) is 19.8. The van der Waals surface area contributed by atoms with Crippen molar-refractivity contribution in [3.8, 4) is 0 Å². The number of nitrogens with one attached hydrogen (secondary N) is 1. The van der Waals surface area contributed by atoms with Crippen LogP contribution in [0.1, 0.15) is 18.1 Å². The van der Waals surface area contributed by atoms with Crippen LogP contribution in [0.15, 0.2) is 59.3 Å². The van der Waals surface area contributed by atoms with Crippen molar-refractivity contribution >= 4 is 34.8 Å². The summed E-state index contributed by atoms with van der Waals surface area (Å²) in [5.41, 5.74) is 0.278. The number of nitrogens with zero attached hydrogens (tertiary/aromatic N) is 1. The largest absolute Gasteiger partial charge is 0.416 e. The van der Waals surface area contributed by atoms with Crippen molar-refractivity contribution in [2.75, 3.05) is 10.2 Å². The summed E-state index contributed by atoms with van der Waals surface area (Å²) >= 11 is 5.99. The van der Waals surface area contributed by atoms with E-state index in [1.807, 2.05) is 19.1 Å². The second-order valence-corrected chi connectivity index (χ2v) is 6.24. The van der Waals surface area contributed by atoms with Crippen molar-refractivity contribution in [2.45, 2.75) is 19.5 Å². The lowest BCUT2D eigenvalue weighted by Gasteiger charge is -2.17. The number of carbonyl (C=O) groups is 2. The summed E-state index contributed by atoms with van der Waals surface area (Å²) in [5, 5.41) is 2.40. The molecule has 140 valence electrons. The Morgan fingerprint density at radius 1 is 1.04 bits per heavy atom. The summed E-state index contributed by atoms with van der Waals surface area (Å²) in [6, 6.07) is 11.1. The number of halogens is 4. The number of rotatable bonds is 4. The first-order valence-electron chi connectivity index (χ1n) is 8.04. The van der Waals surface area contributed by atoms with Gasteiger partial charge in [0.25, 0.3) is 11.8 Å². The van der Waals surface area contributed by atoms with Crippen LogP contribution in [-0.2, 0) is 22.2 Å². The average molecular weight is 395 g/mol. The van der Waals surface area contributed by atoms with Crippen LogP contribution in [0.2, 0.25) is 0 Å². The molecule has 0 spiro atoms. The highest BCUT2D eigenvalue weighted by molar-refractivity contribution is 6.53. The minimum Gasteiger partial charge on any atom is -0.350 e. The first kappa shape index (κ1) is 19.0. The van der Waals surface area contributed by atoms with Gasteiger partial charge in [-0.3, -0.25) is 9.59 Å². The molecule has 0 atom stereocenters. The van der Waals surface area contributed by atoms with Crippen LogP contribution in [0, 0.1) is 0 Å². The Kier molecular flexibility index (Phi) is 4.97. The van der Waals surface area contributed by atoms with Gasteiger partial charge in [0.15, 0.2) is 0 Å². The lowest BCUT2D eigenvalue weighted by molar-refractivity contribution is -0.137. The Hall–Kier alpha value is -2.80. The summed E-state index contributed by atoms with van der Waals surface area (Å²) in [7, 11) is 0. The van der Waals surface area contributed by atoms with E-state index in [1.165, 1.54) is 6.07 Å². The Morgan fingerprint density at radius 2 is 1.70 bits per heavy atom. The van der Waals surface area contributed by atoms with Gasteiger partial charge in [-0.25, -0.2) is 4.90 Å². The molecule has 3 rings (SSSR count). The summed E-state index contributed by atoms with van der Waals surface area (Å²) in [5.74, 6) is -1.70. The lowest BCUT2D eigenvalue weighted by Crippen LogP contribution is -2.32. The second-order valence-electron chi connectivity index (χ2n) is 5.86. The quantitative estimate of drug-likeness (QED) is 0.764. The average Bonchev–Trinajstić information content (AvgIpc) is 2.85. The first-order valence-corrected chi connectivity index (χ1v) is 8.42. The predicted octanol–water partition coefficient (Wildman–Crippen LogP) is 4.70. The standard InChI is InChI=1S/C19H14ClF3N2O2/c1-2-11-6-8-13(9-7-11)24-16-15(20)17(26)25(18(16)27)14-5-3-4-12(10-14)19(21,22)23/h3-10,24H,2H2,1H3. The van der Waals surface area contributed by atoms with Crippen LogP contribution in [0.3, 0.4) is 0 Å². The Bertz CT molecular complexity index is 937. The lowest BCUT2D eigenvalue weighted by atomic mass is 10.1. The summed E-state index contributed by atoms with van der Waals surface area (Å²) in [6.45, 7) is 1.99. The van der Waals surface area contributed by atoms with Crippen molar-refractivity contribution < 1.29 is 22.8 Å². The van der Waals surface area contributed by atoms with E-state index in [4.69, 9.17) is 11.6 Å². The highest BCUT2D eigenvalue weighted by Gasteiger charge is 2.40. The molecule has 0 fully saturated rings. The third kappa shape index (κ3) is 3.68. The molecule has 1 heterocycles. The number of aryl methyl sites for hydroxylation is 1. The molecule has 0 radical (unpaired) electrons. The minimum absolute atomic E-state index is 0.177. The number of anilines is 2. The number of imide groups is 1. The van der Waals surface area contributed by atoms with Crippen LogP contribution in [0.4, 0.5) is 24.5 Å². The molecule has 0 saturated heterocycles. The van der Waals surface area contributed by atoms with Gasteiger partial charge in [-0.15, -0.1) is 0 Å². The molecule has 2 aromatic carbocycles. The van der Waals surface area contributed by atoms with E-state index in [9.17, 15) is 22.8 Å². The van der Waals surface area contributed by atoms with Gasteiger partial charge in [0.1, 0.15) is 10.7 Å². The molecule has 1 aliphatic rings. The van der Waals surface area contributed by atoms with Crippen LogP contribution in [0.5, 0.6) is 0 Å². The highest BCUT2D eigenvalue weighted by atomic mass is 35.5. The second kappa shape index (κ2) is 7.08. The zero-order valence-corrected chi connectivity index (χ0v) is 14.9. The van der Waals surface area contributed by atoms with Crippen LogP contribution < -0.4 is 10.2 Å². The topological polar surface area (TPSA) is 49.4 Å². The predicted molar refractivity (Wildman–Crippen MR) is 96.3 cm³/mol. The summed E-state index contributed by atoms with van der Waals surface area (Å²) in [6.07, 6.45) is -3.76. The number of hydrogen-bond acceptors (Lipinski definition) is 3. The van der Waals surface area contributed by atoms with Gasteiger partial charge in [0.2, 0.25) is 0 Å². The maximum Gasteiger partial charge on any atom is 0.416 e. The number of hydrogen-bond donors (Lipinski definition) is 1. The third-order valence-corrected chi connectivity index (χ3v) is 4.44. The molecule has 4 nitrogen and oxygen atoms in total. The maximum atomic E-state index is 12.9. The number of carbonyl (C=O) groups excluding carboxylic acids is 2. The van der Waals surface area contributed by atoms with Crippen LogP contribution in [0.25, 0.3) is 0 Å². The SMILES string of the molecule is CCc1ccc(NC2=C(Cl)C(=O)N(c3cccc(C(F)(F)F)c3)C2=O)cc1. The van der Waals surface area contributed by atoms with Crippen molar-refractivity contribution in [1.29, 1.82) is 0 Å². The van der Waals surface area contributed by atoms with E-state index < -0.39 is 23.6 Å². The number of alkyl halides is 3. The maximum absolute atomic E-state index is 12.9. The van der Waals surface area contributed by atoms with Gasteiger partial charge < -0.3 is 5.32 Å². The smallest absolute Gasteiger partial charge is 0.350 e. The normalized spacial score (nSPS) is 14.9. The molecule has 0 aliphatic carbocycles. The molecule has 1 N–H and O–H groups in total. The third-order valence-electron chi connectivity index (χ3n) is 4.09. The fourth-order valence-corrected chi connectivity index (χ4v) is 2.85. The van der Waals surface area contributed by atoms with Crippen molar-refractivity contribution in [2.24, 2.45) is 0 Å². The van der Waals surface area contributed by atoms with Gasteiger partial charge in [0.05, 0.1) is 11.3 Å². The van der Waals surface area contributed by atoms with Crippen molar-refractivity contribution in [1.82, 2.24) is 0 Å². The Balaban J connectivity index is 1.89. The molecular weight excluding hydrogens is 381 g/mol. The van der Waals surface area contributed by atoms with E-state index in [-0.39, 0.29) is 16.4 Å². The van der Waals surface area contributed by atoms with Gasteiger partial charge >= 0.3 is 6.18 Å². The van der Waals surface area contributed by atoms with Crippen LogP contribution >= 0.6 is 11.6 Å². The first-order chi connectivity index (χ1) is 12.7. The summed E-state index contributed by atoms with van der Waals surface area (Å²) < 4.78 is 38.7. The summed E-state index contributed by atoms with van der Waals surface area (Å²) in [4.78, 5) is 25.6. The Labute approximate surface area is 158 Å². The van der Waals surface area contributed by atoms with E-state index in [0.717, 1.165) is 30.2 Å². The minimum atomic E-state index is -4.60. The van der Waals surface area contributed by atoms with Crippen LogP contribution in [-0.4, -0.2) is 11.8 Å². The van der Waals surface area contributed by atoms with Gasteiger partial charge in [-0.1, -0.05) is 36.7 Å². The molecule has 0 saturated carbocycles. The fraction of sp³-hybridized carbons (Fsp3) is 0.158. The molecule has 27 heavy (non-hydrogen) atoms. The van der Waals surface area contributed by atoms with E-state index in [2.05, 4.69) is 5.32 Å². The molecule has 0 aromatic heterocycles. The monoisotopic (exact) mass is 394 g/mol. The number of amides is 2. The molecular formula is C19H14ClF3N2O2. The van der Waals surface area contributed by atoms with Crippen molar-refractivity contribution in [3.05, 3.63) is 70.4 Å².